The molecule has 5 nitrogen and oxygen atoms in total. The Morgan fingerprint density at radius 2 is 2.18 bits per heavy atom. The van der Waals surface area contributed by atoms with Crippen molar-refractivity contribution in [2.45, 2.75) is 20.0 Å². The van der Waals surface area contributed by atoms with Gasteiger partial charge in [-0.25, -0.2) is 4.98 Å². The van der Waals surface area contributed by atoms with Crippen LogP contribution in [0.15, 0.2) is 41.7 Å². The molecule has 0 saturated heterocycles. The molecule has 1 aromatic heterocycles. The number of benzene rings is 1. The molecular weight excluding hydrogens is 298 g/mol. The van der Waals surface area contributed by atoms with Crippen molar-refractivity contribution < 1.29 is 0 Å². The molecule has 2 rings (SSSR count). The van der Waals surface area contributed by atoms with E-state index in [2.05, 4.69) is 24.8 Å². The lowest BCUT2D eigenvalue weighted by atomic mass is 10.2. The number of hydrogen-bond acceptors (Lipinski definition) is 2. The Bertz CT molecular complexity index is 635. The molecule has 1 heterocycles. The number of aromatic nitrogens is 2. The number of nitrogens with one attached hydrogen (secondary N) is 1. The molecule has 0 aliphatic carbocycles. The first kappa shape index (κ1) is 16.4. The van der Waals surface area contributed by atoms with E-state index in [1.54, 1.807) is 7.05 Å². The topological polar surface area (TPSA) is 45.5 Å². The summed E-state index contributed by atoms with van der Waals surface area (Å²) in [6.45, 7) is 4.35. The quantitative estimate of drug-likeness (QED) is 0.680. The lowest BCUT2D eigenvalue weighted by molar-refractivity contribution is 0.473. The van der Waals surface area contributed by atoms with E-state index in [4.69, 9.17) is 11.6 Å². The zero-order valence-electron chi connectivity index (χ0n) is 13.3. The smallest absolute Gasteiger partial charge is 0.193 e. The summed E-state index contributed by atoms with van der Waals surface area (Å²) in [5.74, 6) is 1.86. The van der Waals surface area contributed by atoms with Crippen LogP contribution in [0.1, 0.15) is 11.4 Å². The van der Waals surface area contributed by atoms with Crippen LogP contribution in [-0.2, 0) is 13.1 Å². The predicted molar refractivity (Wildman–Crippen MR) is 91.2 cm³/mol. The van der Waals surface area contributed by atoms with Gasteiger partial charge in [-0.05, 0) is 18.6 Å². The number of rotatable bonds is 5. The summed E-state index contributed by atoms with van der Waals surface area (Å²) in [7, 11) is 3.79. The summed E-state index contributed by atoms with van der Waals surface area (Å²) in [5, 5.41) is 4.14. The summed E-state index contributed by atoms with van der Waals surface area (Å²) in [6, 6.07) is 7.86. The van der Waals surface area contributed by atoms with Crippen molar-refractivity contribution in [3.8, 4) is 0 Å². The lowest BCUT2D eigenvalue weighted by Crippen LogP contribution is -2.39. The maximum Gasteiger partial charge on any atom is 0.193 e. The van der Waals surface area contributed by atoms with Crippen LogP contribution in [0.5, 0.6) is 0 Å². The minimum atomic E-state index is 0.712. The molecule has 0 aliphatic heterocycles. The van der Waals surface area contributed by atoms with Crippen LogP contribution in [0.4, 0.5) is 0 Å². The van der Waals surface area contributed by atoms with E-state index >= 15 is 0 Å². The zero-order chi connectivity index (χ0) is 15.9. The molecule has 0 saturated carbocycles. The summed E-state index contributed by atoms with van der Waals surface area (Å²) in [6.07, 6.45) is 3.79. The molecule has 0 fully saturated rings. The number of imidazole rings is 1. The van der Waals surface area contributed by atoms with Gasteiger partial charge in [0.25, 0.3) is 0 Å². The molecule has 118 valence electrons. The van der Waals surface area contributed by atoms with Crippen LogP contribution in [0.2, 0.25) is 5.02 Å². The Morgan fingerprint density at radius 3 is 2.82 bits per heavy atom. The average molecular weight is 320 g/mol. The van der Waals surface area contributed by atoms with Crippen molar-refractivity contribution in [1.29, 1.82) is 0 Å². The van der Waals surface area contributed by atoms with Crippen molar-refractivity contribution in [1.82, 2.24) is 19.8 Å². The van der Waals surface area contributed by atoms with Crippen LogP contribution < -0.4 is 5.32 Å². The highest BCUT2D eigenvalue weighted by Gasteiger charge is 2.08. The van der Waals surface area contributed by atoms with Crippen molar-refractivity contribution >= 4 is 17.6 Å². The summed E-state index contributed by atoms with van der Waals surface area (Å²) < 4.78 is 2.11. The summed E-state index contributed by atoms with van der Waals surface area (Å²) in [4.78, 5) is 10.6. The first-order chi connectivity index (χ1) is 10.6. The second kappa shape index (κ2) is 7.84. The van der Waals surface area contributed by atoms with Gasteiger partial charge in [0.1, 0.15) is 5.82 Å². The second-order valence-corrected chi connectivity index (χ2v) is 5.50. The molecule has 0 aliphatic rings. The molecule has 0 amide bonds. The molecule has 0 spiro atoms. The number of aliphatic imine (C=N–C) groups is 1. The standard InChI is InChI=1S/C16H22ClN5/c1-13-19-8-10-22(13)11-9-20-16(18-2)21(3)12-14-6-4-5-7-15(14)17/h4-8,10H,9,11-12H2,1-3H3,(H,18,20). The van der Waals surface area contributed by atoms with E-state index in [9.17, 15) is 0 Å². The van der Waals surface area contributed by atoms with Gasteiger partial charge >= 0.3 is 0 Å². The second-order valence-electron chi connectivity index (χ2n) is 5.09. The molecule has 6 heteroatoms. The van der Waals surface area contributed by atoms with Crippen LogP contribution in [0.3, 0.4) is 0 Å². The predicted octanol–water partition coefficient (Wildman–Crippen LogP) is 2.55. The largest absolute Gasteiger partial charge is 0.354 e. The van der Waals surface area contributed by atoms with Gasteiger partial charge < -0.3 is 14.8 Å². The molecule has 0 unspecified atom stereocenters. The molecule has 1 N–H and O–H groups in total. The number of halogens is 1. The molecule has 2 aromatic rings. The van der Waals surface area contributed by atoms with Gasteiger partial charge in [0.2, 0.25) is 0 Å². The van der Waals surface area contributed by atoms with Crippen molar-refractivity contribution in [3.05, 3.63) is 53.1 Å². The lowest BCUT2D eigenvalue weighted by Gasteiger charge is -2.22. The Morgan fingerprint density at radius 1 is 1.41 bits per heavy atom. The van der Waals surface area contributed by atoms with Crippen LogP contribution in [0, 0.1) is 6.92 Å². The van der Waals surface area contributed by atoms with Gasteiger partial charge in [-0.1, -0.05) is 29.8 Å². The molecule has 0 bridgehead atoms. The highest BCUT2D eigenvalue weighted by Crippen LogP contribution is 2.16. The number of hydrogen-bond donors (Lipinski definition) is 1. The van der Waals surface area contributed by atoms with Gasteiger partial charge in [-0.15, -0.1) is 0 Å². The monoisotopic (exact) mass is 319 g/mol. The van der Waals surface area contributed by atoms with Crippen molar-refractivity contribution in [2.24, 2.45) is 4.99 Å². The normalized spacial score (nSPS) is 11.5. The highest BCUT2D eigenvalue weighted by molar-refractivity contribution is 6.31. The fraction of sp³-hybridized carbons (Fsp3) is 0.375. The fourth-order valence-corrected chi connectivity index (χ4v) is 2.47. The van der Waals surface area contributed by atoms with Crippen LogP contribution >= 0.6 is 11.6 Å². The minimum absolute atomic E-state index is 0.712. The van der Waals surface area contributed by atoms with Crippen molar-refractivity contribution in [3.63, 3.8) is 0 Å². The van der Waals surface area contributed by atoms with E-state index in [-0.39, 0.29) is 0 Å². The van der Waals surface area contributed by atoms with Gasteiger partial charge in [-0.2, -0.15) is 0 Å². The first-order valence-corrected chi connectivity index (χ1v) is 7.62. The summed E-state index contributed by atoms with van der Waals surface area (Å²) in [5.41, 5.74) is 1.08. The number of aryl methyl sites for hydroxylation is 1. The van der Waals surface area contributed by atoms with Gasteiger partial charge in [-0.3, -0.25) is 4.99 Å². The molecular formula is C16H22ClN5. The van der Waals surface area contributed by atoms with Gasteiger partial charge in [0, 0.05) is 51.1 Å². The van der Waals surface area contributed by atoms with Crippen molar-refractivity contribution in [2.75, 3.05) is 20.6 Å². The Kier molecular flexibility index (Phi) is 5.83. The number of nitrogens with zero attached hydrogens (tertiary/aromatic N) is 4. The van der Waals surface area contributed by atoms with E-state index in [0.29, 0.717) is 6.54 Å². The molecule has 22 heavy (non-hydrogen) atoms. The third-order valence-corrected chi connectivity index (χ3v) is 3.87. The maximum atomic E-state index is 6.21. The molecule has 1 aromatic carbocycles. The average Bonchev–Trinajstić information content (AvgIpc) is 2.91. The first-order valence-electron chi connectivity index (χ1n) is 7.24. The zero-order valence-corrected chi connectivity index (χ0v) is 14.0. The fourth-order valence-electron chi connectivity index (χ4n) is 2.27. The van der Waals surface area contributed by atoms with Crippen LogP contribution in [-0.4, -0.2) is 41.1 Å². The van der Waals surface area contributed by atoms with Gasteiger partial charge in [0.15, 0.2) is 5.96 Å². The number of guanidine groups is 1. The maximum absolute atomic E-state index is 6.21. The Balaban J connectivity index is 1.88. The van der Waals surface area contributed by atoms with Gasteiger partial charge in [0.05, 0.1) is 0 Å². The third kappa shape index (κ3) is 4.24. The summed E-state index contributed by atoms with van der Waals surface area (Å²) >= 11 is 6.21. The molecule has 0 atom stereocenters. The minimum Gasteiger partial charge on any atom is -0.354 e. The highest BCUT2D eigenvalue weighted by atomic mass is 35.5. The third-order valence-electron chi connectivity index (χ3n) is 3.50. The van der Waals surface area contributed by atoms with Crippen LogP contribution in [0.25, 0.3) is 0 Å². The van der Waals surface area contributed by atoms with E-state index in [0.717, 1.165) is 35.5 Å². The van der Waals surface area contributed by atoms with E-state index < -0.39 is 0 Å². The van der Waals surface area contributed by atoms with E-state index in [1.165, 1.54) is 0 Å². The van der Waals surface area contributed by atoms with E-state index in [1.807, 2.05) is 50.6 Å². The Labute approximate surface area is 136 Å². The SMILES string of the molecule is CN=C(NCCn1ccnc1C)N(C)Cc1ccccc1Cl. The Hall–Kier alpha value is -2.01. The molecule has 0 radical (unpaired) electrons.